The monoisotopic (exact) mass is 775 g/mol. The summed E-state index contributed by atoms with van der Waals surface area (Å²) in [5.74, 6) is -1.24. The Labute approximate surface area is 332 Å². The first-order chi connectivity index (χ1) is 27.8. The first-order valence-electron chi connectivity index (χ1n) is 19.8. The maximum Gasteiger partial charge on any atom is 0.408 e. The van der Waals surface area contributed by atoms with Gasteiger partial charge in [0.15, 0.2) is 12.1 Å². The zero-order valence-corrected chi connectivity index (χ0v) is 32.1. The lowest BCUT2D eigenvalue weighted by Crippen LogP contribution is -2.50. The maximum atomic E-state index is 13.3. The fourth-order valence-corrected chi connectivity index (χ4v) is 8.21. The molecule has 4 aromatic rings. The Morgan fingerprint density at radius 3 is 2.26 bits per heavy atom. The Morgan fingerprint density at radius 2 is 1.53 bits per heavy atom. The maximum absolute atomic E-state index is 13.3. The number of carbonyl (C=O) groups is 3. The smallest absolute Gasteiger partial charge is 0.408 e. The first kappa shape index (κ1) is 38.9. The van der Waals surface area contributed by atoms with Crippen molar-refractivity contribution in [2.45, 2.75) is 76.3 Å². The summed E-state index contributed by atoms with van der Waals surface area (Å²) < 4.78 is 30.8. The lowest BCUT2D eigenvalue weighted by molar-refractivity contribution is -0.278. The van der Waals surface area contributed by atoms with Gasteiger partial charge in [0, 0.05) is 44.0 Å². The molecule has 4 aliphatic heterocycles. The van der Waals surface area contributed by atoms with Gasteiger partial charge >= 0.3 is 6.09 Å². The zero-order chi connectivity index (χ0) is 39.4. The number of amides is 3. The summed E-state index contributed by atoms with van der Waals surface area (Å²) in [6.07, 6.45) is -0.248. The molecule has 1 spiro atoms. The quantitative estimate of drug-likeness (QED) is 0.174. The van der Waals surface area contributed by atoms with Crippen LogP contribution in [0, 0.1) is 5.92 Å². The van der Waals surface area contributed by atoms with E-state index in [1.807, 2.05) is 97.1 Å². The van der Waals surface area contributed by atoms with Crippen LogP contribution in [0.4, 0.5) is 4.79 Å². The molecule has 0 bridgehead atoms. The highest BCUT2D eigenvalue weighted by atomic mass is 16.7. The molecule has 0 radical (unpaired) electrons. The van der Waals surface area contributed by atoms with Crippen molar-refractivity contribution >= 4 is 17.9 Å². The second kappa shape index (κ2) is 17.3. The molecule has 57 heavy (non-hydrogen) atoms. The standard InChI is InChI=1S/C45H49N3O9/c1-30-39(27-47-19-17-45(18-20-47)54-21-22-55-45)56-43(57-41(30)34-15-13-31(28-49)14-16-34)37-12-6-11-36(24-37)35-10-5-9-33(23-35)26-48-40(50)25-38(42(48)51)46-44(52)53-29-32-7-3-2-4-8-32/h2-16,23-24,30,38-39,41,43,49H,17-22,25-29H2,1H3,(H,46,52)/t30-,38?,39+,41+,43+/m0/s1. The van der Waals surface area contributed by atoms with Crippen molar-refractivity contribution in [2.75, 3.05) is 32.8 Å². The zero-order valence-electron chi connectivity index (χ0n) is 32.1. The highest BCUT2D eigenvalue weighted by molar-refractivity contribution is 6.06. The second-order valence-corrected chi connectivity index (χ2v) is 15.3. The van der Waals surface area contributed by atoms with Crippen LogP contribution in [0.1, 0.15) is 66.4 Å². The number of carbonyl (C=O) groups excluding carboxylic acids is 3. The second-order valence-electron chi connectivity index (χ2n) is 15.3. The fraction of sp³-hybridized carbons (Fsp3) is 0.400. The van der Waals surface area contributed by atoms with Gasteiger partial charge in [-0.15, -0.1) is 0 Å². The van der Waals surface area contributed by atoms with Gasteiger partial charge in [-0.3, -0.25) is 14.5 Å². The van der Waals surface area contributed by atoms with E-state index in [0.29, 0.717) is 13.2 Å². The number of alkyl carbamates (subject to hydrolysis) is 1. The lowest BCUT2D eigenvalue weighted by atomic mass is 9.89. The molecule has 298 valence electrons. The van der Waals surface area contributed by atoms with E-state index >= 15 is 0 Å². The number of piperidine rings is 1. The average Bonchev–Trinajstić information content (AvgIpc) is 3.81. The van der Waals surface area contributed by atoms with E-state index in [-0.39, 0.29) is 50.2 Å². The molecule has 12 nitrogen and oxygen atoms in total. The minimum Gasteiger partial charge on any atom is -0.445 e. The van der Waals surface area contributed by atoms with E-state index < -0.39 is 30.1 Å². The van der Waals surface area contributed by atoms with Gasteiger partial charge in [-0.25, -0.2) is 4.79 Å². The van der Waals surface area contributed by atoms with E-state index in [1.54, 1.807) is 0 Å². The van der Waals surface area contributed by atoms with Crippen LogP contribution >= 0.6 is 0 Å². The lowest BCUT2D eigenvalue weighted by Gasteiger charge is -2.44. The summed E-state index contributed by atoms with van der Waals surface area (Å²) in [6.45, 7) is 6.02. The van der Waals surface area contributed by atoms with E-state index in [0.717, 1.165) is 71.4 Å². The molecule has 0 aromatic heterocycles. The van der Waals surface area contributed by atoms with Crippen LogP contribution in [0.3, 0.4) is 0 Å². The molecule has 12 heteroatoms. The van der Waals surface area contributed by atoms with Crippen molar-refractivity contribution in [3.63, 3.8) is 0 Å². The van der Waals surface area contributed by atoms with Crippen LogP contribution in [-0.4, -0.2) is 83.6 Å². The topological polar surface area (TPSA) is 136 Å². The third-order valence-electron chi connectivity index (χ3n) is 11.5. The molecule has 3 amide bonds. The molecule has 0 aliphatic carbocycles. The van der Waals surface area contributed by atoms with Crippen LogP contribution in [0.5, 0.6) is 0 Å². The van der Waals surface area contributed by atoms with Gasteiger partial charge in [-0.2, -0.15) is 0 Å². The van der Waals surface area contributed by atoms with Crippen molar-refractivity contribution in [3.05, 3.63) is 131 Å². The summed E-state index contributed by atoms with van der Waals surface area (Å²) >= 11 is 0. The minimum absolute atomic E-state index is 0.0258. The number of nitrogens with one attached hydrogen (secondary N) is 1. The van der Waals surface area contributed by atoms with E-state index in [9.17, 15) is 19.5 Å². The number of likely N-dealkylation sites (tertiary alicyclic amines) is 2. The van der Waals surface area contributed by atoms with Gasteiger partial charge in [0.1, 0.15) is 12.6 Å². The molecule has 4 saturated heterocycles. The van der Waals surface area contributed by atoms with Crippen LogP contribution < -0.4 is 5.32 Å². The molecular weight excluding hydrogens is 727 g/mol. The van der Waals surface area contributed by atoms with Gasteiger partial charge in [0.2, 0.25) is 5.91 Å². The number of rotatable bonds is 11. The molecule has 4 fully saturated rings. The summed E-state index contributed by atoms with van der Waals surface area (Å²) in [6, 6.07) is 32.0. The number of ether oxygens (including phenoxy) is 5. The minimum atomic E-state index is -0.985. The number of aliphatic hydroxyl groups excluding tert-OH is 1. The average molecular weight is 776 g/mol. The highest BCUT2D eigenvalue weighted by Gasteiger charge is 2.43. The Hall–Kier alpha value is -4.95. The summed E-state index contributed by atoms with van der Waals surface area (Å²) in [5.41, 5.74) is 6.16. The number of nitrogens with zero attached hydrogens (tertiary/aromatic N) is 2. The van der Waals surface area contributed by atoms with Gasteiger partial charge in [0.05, 0.1) is 45.0 Å². The number of hydrogen-bond acceptors (Lipinski definition) is 10. The highest BCUT2D eigenvalue weighted by Crippen LogP contribution is 2.43. The van der Waals surface area contributed by atoms with Crippen LogP contribution in [0.25, 0.3) is 11.1 Å². The summed E-state index contributed by atoms with van der Waals surface area (Å²) in [7, 11) is 0. The predicted octanol–water partition coefficient (Wildman–Crippen LogP) is 6.03. The number of hydrogen-bond donors (Lipinski definition) is 2. The Morgan fingerprint density at radius 1 is 0.825 bits per heavy atom. The molecule has 4 aliphatic rings. The molecule has 2 N–H and O–H groups in total. The van der Waals surface area contributed by atoms with Crippen molar-refractivity contribution < 1.29 is 43.2 Å². The van der Waals surface area contributed by atoms with Gasteiger partial charge in [-0.05, 0) is 45.5 Å². The number of benzene rings is 4. The molecule has 4 heterocycles. The predicted molar refractivity (Wildman–Crippen MR) is 209 cm³/mol. The summed E-state index contributed by atoms with van der Waals surface area (Å²) in [5, 5.41) is 12.2. The molecule has 5 atom stereocenters. The van der Waals surface area contributed by atoms with Gasteiger partial charge < -0.3 is 39.0 Å². The normalized spacial score (nSPS) is 24.9. The fourth-order valence-electron chi connectivity index (χ4n) is 8.21. The van der Waals surface area contributed by atoms with Crippen molar-refractivity contribution in [1.82, 2.24) is 15.1 Å². The molecule has 1 unspecified atom stereocenters. The third-order valence-corrected chi connectivity index (χ3v) is 11.5. The van der Waals surface area contributed by atoms with Crippen LogP contribution in [0.15, 0.2) is 103 Å². The number of aliphatic hydroxyl groups is 1. The van der Waals surface area contributed by atoms with E-state index in [4.69, 9.17) is 23.7 Å². The van der Waals surface area contributed by atoms with Crippen LogP contribution in [-0.2, 0) is 53.0 Å². The third kappa shape index (κ3) is 8.96. The molecule has 0 saturated carbocycles. The summed E-state index contributed by atoms with van der Waals surface area (Å²) in [4.78, 5) is 42.4. The molecule has 8 rings (SSSR count). The van der Waals surface area contributed by atoms with Gasteiger partial charge in [0.25, 0.3) is 5.91 Å². The van der Waals surface area contributed by atoms with Gasteiger partial charge in [-0.1, -0.05) is 97.9 Å². The Bertz CT molecular complexity index is 2030. The molecule has 4 aromatic carbocycles. The number of imide groups is 1. The largest absolute Gasteiger partial charge is 0.445 e. The van der Waals surface area contributed by atoms with Crippen molar-refractivity contribution in [3.8, 4) is 11.1 Å². The Balaban J connectivity index is 0.954. The SMILES string of the molecule is C[C@H]1[C@@H](CN2CCC3(CC2)OCCO3)O[C@@H](c2cccc(-c3cccc(CN4C(=O)CC(NC(=O)OCc5ccccc5)C4=O)c3)c2)O[C@H]1c1ccc(CO)cc1. The van der Waals surface area contributed by atoms with Crippen molar-refractivity contribution in [2.24, 2.45) is 5.92 Å². The van der Waals surface area contributed by atoms with Crippen LogP contribution in [0.2, 0.25) is 0 Å². The molecular formula is C45H49N3O9. The Kier molecular flexibility index (Phi) is 11.8. The van der Waals surface area contributed by atoms with Crippen molar-refractivity contribution in [1.29, 1.82) is 0 Å². The van der Waals surface area contributed by atoms with E-state index in [1.165, 1.54) is 4.90 Å². The first-order valence-corrected chi connectivity index (χ1v) is 19.8. The van der Waals surface area contributed by atoms with E-state index in [2.05, 4.69) is 23.2 Å².